The number of amides is 5. The molecule has 0 fully saturated rings. The van der Waals surface area contributed by atoms with Gasteiger partial charge in [0.15, 0.2) is 0 Å². The molecule has 2 aromatic rings. The Bertz CT molecular complexity index is 1350. The van der Waals surface area contributed by atoms with Crippen molar-refractivity contribution in [1.82, 2.24) is 21.4 Å². The average molecular weight is 644 g/mol. The van der Waals surface area contributed by atoms with E-state index in [0.29, 0.717) is 12.1 Å². The standard InChI is InChI=1S/C32H45N5O9/c1-19(38)25(28(41)37-44)36-26(39)22-12-10-20(11-13-22)21-14-16-23(17-15-21)34-27(40)24(35-30(43)46-32(5,6)7)9-8-18-33-29(42)45-31(2,3)4/h10-17,19,24-25,38,44H,8-9,18H2,1-7H3,(H,33,42)(H,34,40)(H,35,43)(H,36,39)(H,37,41)/t19-,24-,25+/m1/s1. The molecule has 2 aromatic carbocycles. The van der Waals surface area contributed by atoms with Crippen LogP contribution in [-0.4, -0.2) is 76.2 Å². The van der Waals surface area contributed by atoms with Crippen molar-refractivity contribution >= 4 is 35.6 Å². The van der Waals surface area contributed by atoms with E-state index in [1.165, 1.54) is 12.4 Å². The summed E-state index contributed by atoms with van der Waals surface area (Å²) >= 11 is 0. The molecule has 0 aromatic heterocycles. The SMILES string of the molecule is C[C@@H](O)[C@H](NC(=O)c1ccc(-c2ccc(NC(=O)[C@@H](CCCNC(=O)OC(C)(C)C)NC(=O)OC(C)(C)C)cc2)cc1)C(=O)NO. The van der Waals surface area contributed by atoms with E-state index in [-0.39, 0.29) is 18.5 Å². The van der Waals surface area contributed by atoms with Gasteiger partial charge in [-0.1, -0.05) is 24.3 Å². The number of alkyl carbamates (subject to hydrolysis) is 2. The van der Waals surface area contributed by atoms with Crippen molar-refractivity contribution in [2.75, 3.05) is 11.9 Å². The Labute approximate surface area is 268 Å². The van der Waals surface area contributed by atoms with Crippen molar-refractivity contribution in [3.63, 3.8) is 0 Å². The normalized spacial score (nSPS) is 13.3. The number of carbonyl (C=O) groups excluding carboxylic acids is 5. The zero-order valence-corrected chi connectivity index (χ0v) is 27.2. The first kappa shape index (κ1) is 37.5. The summed E-state index contributed by atoms with van der Waals surface area (Å²) < 4.78 is 10.5. The zero-order chi connectivity index (χ0) is 34.7. The van der Waals surface area contributed by atoms with Crippen LogP contribution in [0, 0.1) is 0 Å². The second-order valence-electron chi connectivity index (χ2n) is 12.6. The highest BCUT2D eigenvalue weighted by molar-refractivity contribution is 5.98. The van der Waals surface area contributed by atoms with Gasteiger partial charge in [0, 0.05) is 17.8 Å². The number of ether oxygens (including phenoxy) is 2. The van der Waals surface area contributed by atoms with Crippen LogP contribution < -0.4 is 26.7 Å². The van der Waals surface area contributed by atoms with E-state index in [1.807, 2.05) is 0 Å². The quantitative estimate of drug-likeness (QED) is 0.103. The van der Waals surface area contributed by atoms with Gasteiger partial charge in [-0.15, -0.1) is 0 Å². The second-order valence-corrected chi connectivity index (χ2v) is 12.6. The Morgan fingerprint density at radius 2 is 1.28 bits per heavy atom. The fraction of sp³-hybridized carbons (Fsp3) is 0.469. The number of hydroxylamine groups is 1. The lowest BCUT2D eigenvalue weighted by Gasteiger charge is -2.23. The van der Waals surface area contributed by atoms with Crippen LogP contribution in [0.15, 0.2) is 48.5 Å². The maximum absolute atomic E-state index is 13.2. The van der Waals surface area contributed by atoms with Gasteiger partial charge in [0.05, 0.1) is 6.10 Å². The van der Waals surface area contributed by atoms with Crippen LogP contribution >= 0.6 is 0 Å². The molecule has 0 radical (unpaired) electrons. The second kappa shape index (κ2) is 16.6. The Morgan fingerprint density at radius 3 is 1.78 bits per heavy atom. The van der Waals surface area contributed by atoms with E-state index in [1.54, 1.807) is 90.1 Å². The molecule has 0 aliphatic carbocycles. The fourth-order valence-electron chi connectivity index (χ4n) is 4.02. The number of carbonyl (C=O) groups is 5. The van der Waals surface area contributed by atoms with Gasteiger partial charge in [0.1, 0.15) is 23.3 Å². The highest BCUT2D eigenvalue weighted by Crippen LogP contribution is 2.22. The van der Waals surface area contributed by atoms with Crippen LogP contribution in [-0.2, 0) is 19.1 Å². The summed E-state index contributed by atoms with van der Waals surface area (Å²) in [6, 6.07) is 11.1. The number of hydrogen-bond donors (Lipinski definition) is 7. The first-order valence-corrected chi connectivity index (χ1v) is 14.8. The first-order valence-electron chi connectivity index (χ1n) is 14.8. The van der Waals surface area contributed by atoms with Crippen LogP contribution in [0.2, 0.25) is 0 Å². The molecule has 0 bridgehead atoms. The van der Waals surface area contributed by atoms with E-state index in [0.717, 1.165) is 11.1 Å². The van der Waals surface area contributed by atoms with Crippen molar-refractivity contribution < 1.29 is 43.8 Å². The molecule has 7 N–H and O–H groups in total. The van der Waals surface area contributed by atoms with Crippen LogP contribution in [0.5, 0.6) is 0 Å². The number of rotatable bonds is 12. The smallest absolute Gasteiger partial charge is 0.408 e. The molecule has 46 heavy (non-hydrogen) atoms. The third-order valence-electron chi connectivity index (χ3n) is 6.14. The van der Waals surface area contributed by atoms with Crippen molar-refractivity contribution in [2.45, 2.75) is 90.7 Å². The van der Waals surface area contributed by atoms with Crippen molar-refractivity contribution in [3.8, 4) is 11.1 Å². The largest absolute Gasteiger partial charge is 0.444 e. The molecule has 0 aliphatic heterocycles. The third kappa shape index (κ3) is 13.1. The molecule has 3 atom stereocenters. The average Bonchev–Trinajstić information content (AvgIpc) is 2.95. The van der Waals surface area contributed by atoms with E-state index >= 15 is 0 Å². The van der Waals surface area contributed by atoms with Gasteiger partial charge in [-0.25, -0.2) is 15.1 Å². The summed E-state index contributed by atoms with van der Waals surface area (Å²) in [6.45, 7) is 11.9. The molecule has 0 heterocycles. The molecule has 14 nitrogen and oxygen atoms in total. The van der Waals surface area contributed by atoms with Crippen molar-refractivity contribution in [1.29, 1.82) is 0 Å². The highest BCUT2D eigenvalue weighted by Gasteiger charge is 2.26. The minimum atomic E-state index is -1.34. The molecular formula is C32H45N5O9. The number of aliphatic hydroxyl groups is 1. The lowest BCUT2D eigenvalue weighted by Crippen LogP contribution is -2.51. The molecule has 0 aliphatic rings. The van der Waals surface area contributed by atoms with Gasteiger partial charge in [-0.2, -0.15) is 0 Å². The van der Waals surface area contributed by atoms with E-state index in [2.05, 4.69) is 21.3 Å². The number of aliphatic hydroxyl groups excluding tert-OH is 1. The number of anilines is 1. The molecule has 14 heteroatoms. The maximum Gasteiger partial charge on any atom is 0.408 e. The van der Waals surface area contributed by atoms with Gasteiger partial charge < -0.3 is 35.8 Å². The Hall–Kier alpha value is -4.69. The lowest BCUT2D eigenvalue weighted by molar-refractivity contribution is -0.133. The number of benzene rings is 2. The van der Waals surface area contributed by atoms with Gasteiger partial charge in [0.2, 0.25) is 5.91 Å². The number of hydrogen-bond acceptors (Lipinski definition) is 9. The Kier molecular flexibility index (Phi) is 13.5. The summed E-state index contributed by atoms with van der Waals surface area (Å²) in [5, 5.41) is 29.0. The van der Waals surface area contributed by atoms with Crippen LogP contribution in [0.1, 0.15) is 71.7 Å². The lowest BCUT2D eigenvalue weighted by atomic mass is 10.0. The maximum atomic E-state index is 13.2. The summed E-state index contributed by atoms with van der Waals surface area (Å²) in [4.78, 5) is 61.8. The van der Waals surface area contributed by atoms with Crippen LogP contribution in [0.25, 0.3) is 11.1 Å². The number of nitrogens with one attached hydrogen (secondary N) is 5. The van der Waals surface area contributed by atoms with Crippen molar-refractivity contribution in [3.05, 3.63) is 54.1 Å². The van der Waals surface area contributed by atoms with Crippen LogP contribution in [0.4, 0.5) is 15.3 Å². The van der Waals surface area contributed by atoms with E-state index in [9.17, 15) is 29.1 Å². The molecule has 252 valence electrons. The predicted molar refractivity (Wildman–Crippen MR) is 170 cm³/mol. The fourth-order valence-corrected chi connectivity index (χ4v) is 4.02. The topological polar surface area (TPSA) is 204 Å². The molecule has 0 saturated heterocycles. The van der Waals surface area contributed by atoms with Gasteiger partial charge >= 0.3 is 12.2 Å². The monoisotopic (exact) mass is 643 g/mol. The Balaban J connectivity index is 2.06. The van der Waals surface area contributed by atoms with E-state index < -0.39 is 59.3 Å². The van der Waals surface area contributed by atoms with Crippen LogP contribution in [0.3, 0.4) is 0 Å². The summed E-state index contributed by atoms with van der Waals surface area (Å²) in [6.07, 6.45) is -1.99. The van der Waals surface area contributed by atoms with Gasteiger partial charge in [-0.05, 0) is 96.7 Å². The third-order valence-corrected chi connectivity index (χ3v) is 6.14. The molecular weight excluding hydrogens is 598 g/mol. The van der Waals surface area contributed by atoms with Gasteiger partial charge in [-0.3, -0.25) is 19.6 Å². The minimum absolute atomic E-state index is 0.210. The summed E-state index contributed by atoms with van der Waals surface area (Å²) in [5.74, 6) is -2.04. The molecule has 5 amide bonds. The minimum Gasteiger partial charge on any atom is -0.444 e. The molecule has 2 rings (SSSR count). The van der Waals surface area contributed by atoms with Crippen molar-refractivity contribution in [2.24, 2.45) is 0 Å². The highest BCUT2D eigenvalue weighted by atomic mass is 16.6. The molecule has 0 saturated carbocycles. The van der Waals surface area contributed by atoms with E-state index in [4.69, 9.17) is 14.7 Å². The Morgan fingerprint density at radius 1 is 0.761 bits per heavy atom. The molecule has 0 spiro atoms. The zero-order valence-electron chi connectivity index (χ0n) is 27.2. The summed E-state index contributed by atoms with van der Waals surface area (Å²) in [5.41, 5.74) is 2.24. The molecule has 0 unspecified atom stereocenters. The first-order chi connectivity index (χ1) is 21.4. The predicted octanol–water partition coefficient (Wildman–Crippen LogP) is 3.47. The summed E-state index contributed by atoms with van der Waals surface area (Å²) in [7, 11) is 0. The van der Waals surface area contributed by atoms with Gasteiger partial charge in [0.25, 0.3) is 11.8 Å².